The molecule has 1 fully saturated rings. The summed E-state index contributed by atoms with van der Waals surface area (Å²) in [4.78, 5) is 13.2. The highest BCUT2D eigenvalue weighted by Crippen LogP contribution is 2.13. The molecule has 92 valence electrons. The van der Waals surface area contributed by atoms with Crippen LogP contribution in [0.3, 0.4) is 0 Å². The Morgan fingerprint density at radius 3 is 3.12 bits per heavy atom. The van der Waals surface area contributed by atoms with Crippen LogP contribution in [-0.4, -0.2) is 37.1 Å². The van der Waals surface area contributed by atoms with E-state index in [9.17, 15) is 4.79 Å². The van der Waals surface area contributed by atoms with Gasteiger partial charge in [0.15, 0.2) is 0 Å². The Balaban J connectivity index is 2.01. The van der Waals surface area contributed by atoms with Gasteiger partial charge in [-0.05, 0) is 17.7 Å². The lowest BCUT2D eigenvalue weighted by atomic mass is 10.1. The molecule has 1 aliphatic rings. The van der Waals surface area contributed by atoms with Crippen LogP contribution in [0.25, 0.3) is 0 Å². The van der Waals surface area contributed by atoms with E-state index < -0.39 is 0 Å². The summed E-state index contributed by atoms with van der Waals surface area (Å²) in [5.74, 6) is 0.153. The number of benzene rings is 1. The molecule has 1 unspecified atom stereocenters. The number of hydrogen-bond acceptors (Lipinski definition) is 3. The predicted octanol–water partition coefficient (Wildman–Crippen LogP) is 1.06. The Kier molecular flexibility index (Phi) is 3.64. The maximum Gasteiger partial charge on any atom is 0.224 e. The lowest BCUT2D eigenvalue weighted by Gasteiger charge is -2.20. The first kappa shape index (κ1) is 11.9. The smallest absolute Gasteiger partial charge is 0.224 e. The van der Waals surface area contributed by atoms with Crippen LogP contribution in [0.1, 0.15) is 12.0 Å². The molecule has 0 bridgehead atoms. The summed E-state index contributed by atoms with van der Waals surface area (Å²) in [5.41, 5.74) is 7.65. The fraction of sp³-hybridized carbons (Fsp3) is 0.462. The zero-order valence-electron chi connectivity index (χ0n) is 10.1. The second-order valence-corrected chi connectivity index (χ2v) is 4.47. The number of carbonyl (C=O) groups is 1. The molecule has 0 radical (unpaired) electrons. The molecular weight excluding hydrogens is 216 g/mol. The molecule has 4 heteroatoms. The highest BCUT2D eigenvalue weighted by atomic mass is 16.5. The van der Waals surface area contributed by atoms with Crippen LogP contribution in [0.5, 0.6) is 0 Å². The number of amides is 1. The quantitative estimate of drug-likeness (QED) is 0.778. The molecule has 4 nitrogen and oxygen atoms in total. The number of hydrogen-bond donors (Lipinski definition) is 1. The molecule has 0 spiro atoms. The van der Waals surface area contributed by atoms with Gasteiger partial charge in [-0.2, -0.15) is 0 Å². The summed E-state index contributed by atoms with van der Waals surface area (Å²) in [6.45, 7) is 1.16. The third kappa shape index (κ3) is 3.20. The Hall–Kier alpha value is -1.55. The first-order valence-electron chi connectivity index (χ1n) is 5.85. The number of carbonyl (C=O) groups excluding carboxylic acids is 1. The lowest BCUT2D eigenvalue weighted by Crippen LogP contribution is -2.32. The van der Waals surface area contributed by atoms with E-state index in [1.165, 1.54) is 0 Å². The summed E-state index contributed by atoms with van der Waals surface area (Å²) < 4.78 is 5.68. The molecule has 0 aliphatic carbocycles. The highest BCUT2D eigenvalue weighted by molar-refractivity contribution is 5.76. The van der Waals surface area contributed by atoms with Gasteiger partial charge in [0.25, 0.3) is 0 Å². The molecule has 1 heterocycles. The molecule has 1 saturated heterocycles. The van der Waals surface area contributed by atoms with Gasteiger partial charge in [-0.15, -0.1) is 0 Å². The number of anilines is 1. The van der Waals surface area contributed by atoms with Crippen molar-refractivity contribution in [2.24, 2.45) is 0 Å². The molecule has 1 aromatic rings. The van der Waals surface area contributed by atoms with Gasteiger partial charge in [0, 0.05) is 25.7 Å². The summed E-state index contributed by atoms with van der Waals surface area (Å²) in [7, 11) is 1.82. The van der Waals surface area contributed by atoms with Crippen molar-refractivity contribution in [3.05, 3.63) is 29.8 Å². The van der Waals surface area contributed by atoms with E-state index in [-0.39, 0.29) is 12.0 Å². The molecule has 1 aliphatic heterocycles. The lowest BCUT2D eigenvalue weighted by molar-refractivity contribution is -0.129. The van der Waals surface area contributed by atoms with Gasteiger partial charge in [0.1, 0.15) is 0 Å². The maximum atomic E-state index is 11.5. The molecule has 17 heavy (non-hydrogen) atoms. The van der Waals surface area contributed by atoms with E-state index >= 15 is 0 Å². The van der Waals surface area contributed by atoms with Gasteiger partial charge < -0.3 is 15.4 Å². The van der Waals surface area contributed by atoms with Crippen LogP contribution in [0.4, 0.5) is 5.69 Å². The van der Waals surface area contributed by atoms with Gasteiger partial charge in [0.05, 0.1) is 19.1 Å². The van der Waals surface area contributed by atoms with Gasteiger partial charge in [-0.25, -0.2) is 0 Å². The minimum Gasteiger partial charge on any atom is -0.399 e. The Bertz CT molecular complexity index is 406. The first-order valence-corrected chi connectivity index (χ1v) is 5.85. The zero-order chi connectivity index (χ0) is 12.3. The second kappa shape index (κ2) is 5.19. The van der Waals surface area contributed by atoms with Crippen molar-refractivity contribution in [2.75, 3.05) is 25.9 Å². The summed E-state index contributed by atoms with van der Waals surface area (Å²) in [5, 5.41) is 0. The SMILES string of the molecule is CN1CC(Cc2cccc(N)c2)OCCC1=O. The van der Waals surface area contributed by atoms with Crippen molar-refractivity contribution in [1.29, 1.82) is 0 Å². The van der Waals surface area contributed by atoms with E-state index in [0.29, 0.717) is 19.6 Å². The third-order valence-electron chi connectivity index (χ3n) is 2.99. The van der Waals surface area contributed by atoms with Crippen molar-refractivity contribution in [3.8, 4) is 0 Å². The fourth-order valence-corrected chi connectivity index (χ4v) is 2.07. The van der Waals surface area contributed by atoms with Gasteiger partial charge in [0.2, 0.25) is 5.91 Å². The molecule has 1 aromatic carbocycles. The Morgan fingerprint density at radius 2 is 2.35 bits per heavy atom. The summed E-state index contributed by atoms with van der Waals surface area (Å²) in [6.07, 6.45) is 1.33. The van der Waals surface area contributed by atoms with Crippen LogP contribution >= 0.6 is 0 Å². The molecule has 0 saturated carbocycles. The third-order valence-corrected chi connectivity index (χ3v) is 2.99. The average Bonchev–Trinajstić information content (AvgIpc) is 2.42. The molecule has 2 N–H and O–H groups in total. The van der Waals surface area contributed by atoms with Gasteiger partial charge in [-0.1, -0.05) is 12.1 Å². The Morgan fingerprint density at radius 1 is 1.53 bits per heavy atom. The van der Waals surface area contributed by atoms with Crippen molar-refractivity contribution < 1.29 is 9.53 Å². The van der Waals surface area contributed by atoms with Crippen LogP contribution in [0.2, 0.25) is 0 Å². The molecule has 1 atom stereocenters. The minimum absolute atomic E-state index is 0.0632. The van der Waals surface area contributed by atoms with Crippen LogP contribution < -0.4 is 5.73 Å². The maximum absolute atomic E-state index is 11.5. The number of ether oxygens (including phenoxy) is 1. The van der Waals surface area contributed by atoms with Crippen LogP contribution in [0.15, 0.2) is 24.3 Å². The van der Waals surface area contributed by atoms with Gasteiger partial charge >= 0.3 is 0 Å². The molecule has 0 aromatic heterocycles. The number of nitrogen functional groups attached to an aromatic ring is 1. The first-order chi connectivity index (χ1) is 8.15. The van der Waals surface area contributed by atoms with Crippen LogP contribution in [0, 0.1) is 0 Å². The Labute approximate surface area is 101 Å². The van der Waals surface area contributed by atoms with Crippen molar-refractivity contribution in [1.82, 2.24) is 4.90 Å². The van der Waals surface area contributed by atoms with Crippen molar-refractivity contribution in [3.63, 3.8) is 0 Å². The monoisotopic (exact) mass is 234 g/mol. The number of nitrogens with zero attached hydrogens (tertiary/aromatic N) is 1. The topological polar surface area (TPSA) is 55.6 Å². The van der Waals surface area contributed by atoms with Crippen molar-refractivity contribution >= 4 is 11.6 Å². The van der Waals surface area contributed by atoms with E-state index in [4.69, 9.17) is 10.5 Å². The molecular formula is C13H18N2O2. The van der Waals surface area contributed by atoms with Gasteiger partial charge in [-0.3, -0.25) is 4.79 Å². The molecule has 2 rings (SSSR count). The van der Waals surface area contributed by atoms with E-state index in [0.717, 1.165) is 17.7 Å². The number of likely N-dealkylation sites (N-methyl/N-ethyl adjacent to an activating group) is 1. The number of rotatable bonds is 2. The van der Waals surface area contributed by atoms with E-state index in [2.05, 4.69) is 0 Å². The summed E-state index contributed by atoms with van der Waals surface area (Å²) >= 11 is 0. The van der Waals surface area contributed by atoms with Crippen LogP contribution in [-0.2, 0) is 16.0 Å². The minimum atomic E-state index is 0.0632. The van der Waals surface area contributed by atoms with E-state index in [1.54, 1.807) is 4.90 Å². The average molecular weight is 234 g/mol. The summed E-state index contributed by atoms with van der Waals surface area (Å²) in [6, 6.07) is 7.80. The van der Waals surface area contributed by atoms with Crippen molar-refractivity contribution in [2.45, 2.75) is 18.9 Å². The van der Waals surface area contributed by atoms with E-state index in [1.807, 2.05) is 31.3 Å². The highest BCUT2D eigenvalue weighted by Gasteiger charge is 2.21. The standard InChI is InChI=1S/C13H18N2O2/c1-15-9-12(17-6-5-13(15)16)8-10-3-2-4-11(14)7-10/h2-4,7,12H,5-6,8-9,14H2,1H3. The largest absolute Gasteiger partial charge is 0.399 e. The second-order valence-electron chi connectivity index (χ2n) is 4.47. The molecule has 1 amide bonds. The fourth-order valence-electron chi connectivity index (χ4n) is 2.07. The number of nitrogens with two attached hydrogens (primary N) is 1. The predicted molar refractivity (Wildman–Crippen MR) is 66.6 cm³/mol. The normalized spacial score (nSPS) is 21.4. The zero-order valence-corrected chi connectivity index (χ0v) is 10.1.